The minimum atomic E-state index is -0.996. The van der Waals surface area contributed by atoms with Crippen molar-refractivity contribution < 1.29 is 29.0 Å². The van der Waals surface area contributed by atoms with Crippen molar-refractivity contribution in [1.82, 2.24) is 31.0 Å². The summed E-state index contributed by atoms with van der Waals surface area (Å²) >= 11 is 1.56. The van der Waals surface area contributed by atoms with E-state index in [1.165, 1.54) is 0 Å². The third-order valence-electron chi connectivity index (χ3n) is 8.61. The Labute approximate surface area is 279 Å². The Hall–Kier alpha value is -2.80. The molecular formula is C33H58N6O6S. The molecule has 12 nitrogen and oxygen atoms in total. The number of hydrogen-bond donors (Lipinski definition) is 5. The Morgan fingerprint density at radius 1 is 1.07 bits per heavy atom. The van der Waals surface area contributed by atoms with Crippen molar-refractivity contribution in [2.75, 3.05) is 18.6 Å². The van der Waals surface area contributed by atoms with Gasteiger partial charge in [-0.05, 0) is 69.4 Å². The van der Waals surface area contributed by atoms with Crippen LogP contribution in [0.15, 0.2) is 6.07 Å². The molecule has 2 rings (SSSR count). The van der Waals surface area contributed by atoms with Gasteiger partial charge in [0.15, 0.2) is 6.73 Å². The highest BCUT2D eigenvalue weighted by molar-refractivity contribution is 7.98. The van der Waals surface area contributed by atoms with Crippen molar-refractivity contribution >= 4 is 35.6 Å². The smallest absolute Gasteiger partial charge is 0.409 e. The number of thioether (sulfide) groups is 1. The monoisotopic (exact) mass is 666 g/mol. The van der Waals surface area contributed by atoms with Gasteiger partial charge in [0.25, 0.3) is 0 Å². The predicted molar refractivity (Wildman–Crippen MR) is 181 cm³/mol. The van der Waals surface area contributed by atoms with E-state index in [4.69, 9.17) is 4.74 Å². The van der Waals surface area contributed by atoms with Gasteiger partial charge in [0.2, 0.25) is 17.7 Å². The van der Waals surface area contributed by atoms with Crippen LogP contribution in [0, 0.1) is 31.6 Å². The second-order valence-electron chi connectivity index (χ2n) is 13.0. The van der Waals surface area contributed by atoms with Gasteiger partial charge >= 0.3 is 6.09 Å². The van der Waals surface area contributed by atoms with E-state index in [0.29, 0.717) is 31.1 Å². The highest BCUT2D eigenvalue weighted by Crippen LogP contribution is 2.32. The molecule has 1 fully saturated rings. The molecule has 1 aromatic rings. The summed E-state index contributed by atoms with van der Waals surface area (Å²) in [5.74, 6) is -0.639. The highest BCUT2D eigenvalue weighted by Gasteiger charge is 2.33. The number of aliphatic hydroxyl groups is 1. The quantitative estimate of drug-likeness (QED) is 0.124. The van der Waals surface area contributed by atoms with E-state index < -0.39 is 42.1 Å². The summed E-state index contributed by atoms with van der Waals surface area (Å²) in [4.78, 5) is 52.2. The van der Waals surface area contributed by atoms with E-state index in [-0.39, 0.29) is 30.9 Å². The summed E-state index contributed by atoms with van der Waals surface area (Å²) < 4.78 is 6.91. The molecule has 46 heavy (non-hydrogen) atoms. The molecule has 1 saturated carbocycles. The number of hydrogen-bond acceptors (Lipinski definition) is 8. The molecule has 0 aliphatic heterocycles. The summed E-state index contributed by atoms with van der Waals surface area (Å²) in [5, 5.41) is 27.1. The van der Waals surface area contributed by atoms with Gasteiger partial charge in [-0.3, -0.25) is 14.4 Å². The van der Waals surface area contributed by atoms with Crippen LogP contribution in [0.25, 0.3) is 0 Å². The summed E-state index contributed by atoms with van der Waals surface area (Å²) in [6, 6.07) is -0.258. The number of alkyl carbamates (subject to hydrolysis) is 1. The molecule has 262 valence electrons. The first-order chi connectivity index (χ1) is 21.9. The number of carbonyl (C=O) groups is 4. The minimum absolute atomic E-state index is 0.0798. The van der Waals surface area contributed by atoms with E-state index in [0.717, 1.165) is 49.9 Å². The maximum absolute atomic E-state index is 13.5. The van der Waals surface area contributed by atoms with Crippen molar-refractivity contribution in [2.24, 2.45) is 17.8 Å². The first kappa shape index (κ1) is 39.4. The molecule has 1 aliphatic rings. The van der Waals surface area contributed by atoms with Crippen LogP contribution >= 0.6 is 11.8 Å². The number of aromatic nitrogens is 2. The van der Waals surface area contributed by atoms with Crippen LogP contribution in [0.2, 0.25) is 0 Å². The van der Waals surface area contributed by atoms with Gasteiger partial charge in [-0.15, -0.1) is 0 Å². The number of amides is 4. The molecule has 0 unspecified atom stereocenters. The van der Waals surface area contributed by atoms with Crippen LogP contribution < -0.4 is 21.3 Å². The molecule has 1 heterocycles. The lowest BCUT2D eigenvalue weighted by Crippen LogP contribution is -2.54. The normalized spacial score (nSPS) is 16.5. The Morgan fingerprint density at radius 3 is 2.35 bits per heavy atom. The Bertz CT molecular complexity index is 1110. The van der Waals surface area contributed by atoms with Crippen molar-refractivity contribution in [2.45, 2.75) is 130 Å². The van der Waals surface area contributed by atoms with E-state index in [2.05, 4.69) is 33.3 Å². The average molecular weight is 667 g/mol. The largest absolute Gasteiger partial charge is 0.426 e. The van der Waals surface area contributed by atoms with E-state index in [1.807, 2.05) is 40.0 Å². The summed E-state index contributed by atoms with van der Waals surface area (Å²) in [7, 11) is 0. The molecule has 0 radical (unpaired) electrons. The number of carbonyl (C=O) groups excluding carboxylic acids is 4. The van der Waals surface area contributed by atoms with Gasteiger partial charge in [0.1, 0.15) is 12.1 Å². The Kier molecular flexibility index (Phi) is 17.5. The Morgan fingerprint density at radius 2 is 1.78 bits per heavy atom. The zero-order valence-corrected chi connectivity index (χ0v) is 29.7. The zero-order valence-electron chi connectivity index (χ0n) is 28.9. The molecule has 5 N–H and O–H groups in total. The molecule has 13 heteroatoms. The van der Waals surface area contributed by atoms with Crippen LogP contribution in [0.5, 0.6) is 0 Å². The number of ether oxygens (including phenoxy) is 1. The van der Waals surface area contributed by atoms with Crippen molar-refractivity contribution in [3.8, 4) is 0 Å². The maximum atomic E-state index is 13.5. The number of rotatable bonds is 21. The first-order valence-corrected chi connectivity index (χ1v) is 18.2. The van der Waals surface area contributed by atoms with E-state index in [1.54, 1.807) is 23.4 Å². The van der Waals surface area contributed by atoms with Gasteiger partial charge in [-0.25, -0.2) is 9.48 Å². The lowest BCUT2D eigenvalue weighted by molar-refractivity contribution is -0.132. The first-order valence-electron chi connectivity index (χ1n) is 16.9. The molecule has 0 saturated heterocycles. The van der Waals surface area contributed by atoms with Gasteiger partial charge in [-0.1, -0.05) is 59.8 Å². The van der Waals surface area contributed by atoms with Crippen molar-refractivity contribution in [1.29, 1.82) is 0 Å². The molecular weight excluding hydrogens is 608 g/mol. The fourth-order valence-corrected chi connectivity index (χ4v) is 5.93. The van der Waals surface area contributed by atoms with Crippen LogP contribution in [0.4, 0.5) is 4.79 Å². The van der Waals surface area contributed by atoms with E-state index in [9.17, 15) is 24.3 Å². The average Bonchev–Trinajstić information content (AvgIpc) is 3.31. The summed E-state index contributed by atoms with van der Waals surface area (Å²) in [6.07, 6.45) is 7.37. The molecule has 4 amide bonds. The topological polar surface area (TPSA) is 164 Å². The van der Waals surface area contributed by atoms with Gasteiger partial charge in [0.05, 0.1) is 17.8 Å². The lowest BCUT2D eigenvalue weighted by Gasteiger charge is -2.34. The van der Waals surface area contributed by atoms with Crippen LogP contribution in [-0.4, -0.2) is 81.5 Å². The maximum Gasteiger partial charge on any atom is 0.409 e. The standard InChI is InChI=1S/C33H58N6O6S/c1-8-9-10-15-34-32(43)29(21(2)3)37-30(41)22(4)17-28(40)27(19-25-12-11-13-25)35-31(42)26(14-16-46-7)36-33(44)45-20-39-24(6)18-23(5)38-39/h18,21-22,25-29,40H,8-17,19-20H2,1-7H3,(H,34,43)(H,35,42)(H,36,44)(H,37,41)/t22-,26+,27+,28+,29+/m1/s1. The number of nitrogens with zero attached hydrogens (tertiary/aromatic N) is 2. The van der Waals surface area contributed by atoms with Gasteiger partial charge < -0.3 is 31.1 Å². The third kappa shape index (κ3) is 13.5. The van der Waals surface area contributed by atoms with Crippen molar-refractivity contribution in [3.05, 3.63) is 17.5 Å². The van der Waals surface area contributed by atoms with Crippen LogP contribution in [-0.2, 0) is 25.9 Å². The molecule has 0 spiro atoms. The van der Waals surface area contributed by atoms with Crippen LogP contribution in [0.1, 0.15) is 96.9 Å². The van der Waals surface area contributed by atoms with Gasteiger partial charge in [-0.2, -0.15) is 16.9 Å². The number of nitrogens with one attached hydrogen (secondary N) is 4. The van der Waals surface area contributed by atoms with Crippen LogP contribution in [0.3, 0.4) is 0 Å². The second kappa shape index (κ2) is 20.4. The lowest BCUT2D eigenvalue weighted by atomic mass is 9.79. The van der Waals surface area contributed by atoms with Gasteiger partial charge in [0, 0.05) is 18.2 Å². The number of unbranched alkanes of at least 4 members (excludes halogenated alkanes) is 2. The SMILES string of the molecule is CCCCCNC(=O)[C@@H](NC(=O)[C@H](C)C[C@H](O)[C@H](CC1CCC1)NC(=O)[C@H](CCSC)NC(=O)OCn1nc(C)cc1C)C(C)C. The predicted octanol–water partition coefficient (Wildman–Crippen LogP) is 3.81. The van der Waals surface area contributed by atoms with Crippen molar-refractivity contribution in [3.63, 3.8) is 0 Å². The molecule has 1 aromatic heterocycles. The fourth-order valence-electron chi connectivity index (χ4n) is 5.46. The third-order valence-corrected chi connectivity index (χ3v) is 9.26. The molecule has 0 bridgehead atoms. The Balaban J connectivity index is 2.03. The molecule has 0 aromatic carbocycles. The summed E-state index contributed by atoms with van der Waals surface area (Å²) in [5.41, 5.74) is 1.66. The number of aliphatic hydroxyl groups excluding tert-OH is 1. The van der Waals surface area contributed by atoms with E-state index >= 15 is 0 Å². The highest BCUT2D eigenvalue weighted by atomic mass is 32.2. The minimum Gasteiger partial charge on any atom is -0.426 e. The summed E-state index contributed by atoms with van der Waals surface area (Å²) in [6.45, 7) is 11.8. The fraction of sp³-hybridized carbons (Fsp3) is 0.788. The number of aryl methyl sites for hydroxylation is 2. The molecule has 5 atom stereocenters. The molecule has 1 aliphatic carbocycles. The zero-order chi connectivity index (χ0) is 34.2. The second-order valence-corrected chi connectivity index (χ2v) is 14.0.